The molecule has 36 heavy (non-hydrogen) atoms. The first kappa shape index (κ1) is 34.3. The highest BCUT2D eigenvalue weighted by molar-refractivity contribution is 6.05. The van der Waals surface area contributed by atoms with Crippen LogP contribution in [0.25, 0.3) is 0 Å². The van der Waals surface area contributed by atoms with Crippen LogP contribution in [-0.4, -0.2) is 70.5 Å². The maximum Gasteiger partial charge on any atom is 0.330 e. The van der Waals surface area contributed by atoms with Gasteiger partial charge in [-0.2, -0.15) is 0 Å². The number of unbranched alkanes of at least 4 members (excludes halogenated alkanes) is 15. The molecule has 0 aromatic carbocycles. The van der Waals surface area contributed by atoms with Crippen LogP contribution in [0.2, 0.25) is 0 Å². The van der Waals surface area contributed by atoms with Crippen molar-refractivity contribution in [3.63, 3.8) is 0 Å². The van der Waals surface area contributed by atoms with E-state index in [1.54, 1.807) is 0 Å². The normalized spacial score (nSPS) is 14.8. The summed E-state index contributed by atoms with van der Waals surface area (Å²) in [6, 6.07) is 0. The molecule has 0 fully saturated rings. The molecule has 0 amide bonds. The molecule has 0 aliphatic carbocycles. The van der Waals surface area contributed by atoms with Crippen molar-refractivity contribution in [2.45, 2.75) is 135 Å². The van der Waals surface area contributed by atoms with E-state index in [9.17, 15) is 34.8 Å². The molecule has 0 saturated heterocycles. The summed E-state index contributed by atoms with van der Waals surface area (Å²) in [5.74, 6) is -5.53. The lowest BCUT2D eigenvalue weighted by Crippen LogP contribution is -2.79. The van der Waals surface area contributed by atoms with Gasteiger partial charge in [0, 0.05) is 6.42 Å². The number of nitrogens with zero attached hydrogens (tertiary/aromatic N) is 1. The lowest BCUT2D eigenvalue weighted by molar-refractivity contribution is -0.923. The summed E-state index contributed by atoms with van der Waals surface area (Å²) in [5.41, 5.74) is -5.30. The van der Waals surface area contributed by atoms with E-state index in [0.717, 1.165) is 26.2 Å². The number of aliphatic hydroxyl groups excluding tert-OH is 1. The van der Waals surface area contributed by atoms with Crippen LogP contribution in [0.4, 0.5) is 0 Å². The quantitative estimate of drug-likeness (QED) is 0.104. The summed E-state index contributed by atoms with van der Waals surface area (Å²) in [5, 5.41) is 42.6. The number of likely N-dealkylation sites (N-methyl/N-ethyl adjacent to an activating group) is 1. The third-order valence-electron chi connectivity index (χ3n) is 7.83. The Morgan fingerprint density at radius 1 is 0.694 bits per heavy atom. The molecule has 0 heterocycles. The summed E-state index contributed by atoms with van der Waals surface area (Å²) >= 11 is 0. The van der Waals surface area contributed by atoms with Crippen molar-refractivity contribution in [1.82, 2.24) is 0 Å². The third-order valence-corrected chi connectivity index (χ3v) is 7.83. The van der Waals surface area contributed by atoms with Crippen LogP contribution in [0.15, 0.2) is 0 Å². The van der Waals surface area contributed by atoms with Gasteiger partial charge < -0.3 is 29.7 Å². The average Bonchev–Trinajstić information content (AvgIpc) is 2.76. The molecular formula is C28H53NO7. The van der Waals surface area contributed by atoms with Crippen LogP contribution in [0, 0.1) is 5.41 Å². The van der Waals surface area contributed by atoms with E-state index in [4.69, 9.17) is 0 Å². The van der Waals surface area contributed by atoms with Crippen molar-refractivity contribution in [2.75, 3.05) is 21.1 Å². The zero-order valence-corrected chi connectivity index (χ0v) is 23.5. The first-order valence-corrected chi connectivity index (χ1v) is 14.0. The van der Waals surface area contributed by atoms with Gasteiger partial charge in [-0.05, 0) is 13.3 Å². The van der Waals surface area contributed by atoms with Crippen molar-refractivity contribution in [3.05, 3.63) is 0 Å². The fraction of sp³-hybridized carbons (Fsp3) is 0.893. The van der Waals surface area contributed by atoms with Gasteiger partial charge >= 0.3 is 11.9 Å². The smallest absolute Gasteiger partial charge is 0.330 e. The maximum atomic E-state index is 12.5. The number of aliphatic carboxylic acids is 3. The molecule has 0 aliphatic rings. The molecule has 0 aliphatic heterocycles. The van der Waals surface area contributed by atoms with Gasteiger partial charge in [-0.25, -0.2) is 0 Å². The second-order valence-corrected chi connectivity index (χ2v) is 11.3. The van der Waals surface area contributed by atoms with Crippen LogP contribution < -0.4 is 5.11 Å². The number of carboxylic acid groups (broad SMARTS) is 3. The van der Waals surface area contributed by atoms with Crippen molar-refractivity contribution >= 4 is 17.9 Å². The number of carbonyl (C=O) groups excluding carboxylic acids is 1. The van der Waals surface area contributed by atoms with Gasteiger partial charge in [-0.15, -0.1) is 0 Å². The van der Waals surface area contributed by atoms with Crippen molar-refractivity contribution < 1.29 is 39.3 Å². The van der Waals surface area contributed by atoms with Crippen LogP contribution in [0.3, 0.4) is 0 Å². The summed E-state index contributed by atoms with van der Waals surface area (Å²) < 4.78 is -0.502. The van der Waals surface area contributed by atoms with Crippen molar-refractivity contribution in [3.8, 4) is 0 Å². The number of hydrogen-bond acceptors (Lipinski definition) is 5. The van der Waals surface area contributed by atoms with Gasteiger partial charge in [0.1, 0.15) is 5.97 Å². The number of hydrogen-bond donors (Lipinski definition) is 3. The summed E-state index contributed by atoms with van der Waals surface area (Å²) in [7, 11) is 4.31. The molecular weight excluding hydrogens is 462 g/mol. The molecule has 212 valence electrons. The summed E-state index contributed by atoms with van der Waals surface area (Å²) in [6.45, 7) is 3.25. The number of quaternary nitrogens is 1. The Morgan fingerprint density at radius 3 is 1.22 bits per heavy atom. The molecule has 0 aromatic rings. The summed E-state index contributed by atoms with van der Waals surface area (Å²) in [6.07, 6.45) is 16.1. The van der Waals surface area contributed by atoms with Crippen LogP contribution in [-0.2, 0) is 14.4 Å². The van der Waals surface area contributed by atoms with Crippen molar-refractivity contribution in [2.24, 2.45) is 5.41 Å². The molecule has 0 saturated carbocycles. The van der Waals surface area contributed by atoms with Gasteiger partial charge in [-0.3, -0.25) is 9.59 Å². The summed E-state index contributed by atoms with van der Waals surface area (Å²) in [4.78, 5) is 36.9. The Morgan fingerprint density at radius 2 is 1.00 bits per heavy atom. The van der Waals surface area contributed by atoms with E-state index in [1.807, 2.05) is 0 Å². The highest BCUT2D eigenvalue weighted by atomic mass is 16.4. The Labute approximate surface area is 218 Å². The van der Waals surface area contributed by atoms with Crippen LogP contribution in [0.1, 0.15) is 123 Å². The minimum absolute atomic E-state index is 0.221. The monoisotopic (exact) mass is 515 g/mol. The van der Waals surface area contributed by atoms with E-state index >= 15 is 0 Å². The van der Waals surface area contributed by atoms with Crippen LogP contribution in [0.5, 0.6) is 0 Å². The van der Waals surface area contributed by atoms with E-state index in [2.05, 4.69) is 6.92 Å². The zero-order chi connectivity index (χ0) is 27.8. The topological polar surface area (TPSA) is 135 Å². The molecule has 0 aromatic heterocycles. The second kappa shape index (κ2) is 17.0. The molecule has 0 bridgehead atoms. The largest absolute Gasteiger partial charge is 0.544 e. The Hall–Kier alpha value is -1.67. The Balaban J connectivity index is 4.65. The minimum Gasteiger partial charge on any atom is -0.544 e. The fourth-order valence-electron chi connectivity index (χ4n) is 5.68. The highest BCUT2D eigenvalue weighted by Crippen LogP contribution is 2.46. The van der Waals surface area contributed by atoms with E-state index in [0.29, 0.717) is 12.8 Å². The Bertz CT molecular complexity index is 643. The second-order valence-electron chi connectivity index (χ2n) is 11.3. The van der Waals surface area contributed by atoms with Gasteiger partial charge in [0.05, 0.1) is 27.2 Å². The lowest BCUT2D eigenvalue weighted by Gasteiger charge is -2.54. The van der Waals surface area contributed by atoms with Crippen molar-refractivity contribution in [1.29, 1.82) is 0 Å². The molecule has 0 rings (SSSR count). The number of carboxylic acids is 3. The first-order chi connectivity index (χ1) is 16.8. The minimum atomic E-state index is -2.94. The Kier molecular flexibility index (Phi) is 16.2. The number of carbonyl (C=O) groups is 3. The fourth-order valence-corrected chi connectivity index (χ4v) is 5.68. The third kappa shape index (κ3) is 9.02. The molecule has 0 radical (unpaired) electrons. The predicted octanol–water partition coefficient (Wildman–Crippen LogP) is 4.37. The van der Waals surface area contributed by atoms with Gasteiger partial charge in [0.15, 0.2) is 5.54 Å². The first-order valence-electron chi connectivity index (χ1n) is 14.0. The van der Waals surface area contributed by atoms with Gasteiger partial charge in [0.2, 0.25) is 5.41 Å². The molecule has 3 N–H and O–H groups in total. The maximum absolute atomic E-state index is 12.5. The number of rotatable bonds is 23. The molecule has 0 spiro atoms. The molecule has 2 unspecified atom stereocenters. The molecule has 2 atom stereocenters. The van der Waals surface area contributed by atoms with Crippen LogP contribution >= 0.6 is 0 Å². The van der Waals surface area contributed by atoms with Gasteiger partial charge in [0.25, 0.3) is 0 Å². The van der Waals surface area contributed by atoms with E-state index < -0.39 is 39.4 Å². The highest BCUT2D eigenvalue weighted by Gasteiger charge is 2.72. The average molecular weight is 516 g/mol. The van der Waals surface area contributed by atoms with E-state index in [-0.39, 0.29) is 6.42 Å². The zero-order valence-electron chi connectivity index (χ0n) is 23.5. The lowest BCUT2D eigenvalue weighted by atomic mass is 9.61. The van der Waals surface area contributed by atoms with Gasteiger partial charge in [-0.1, -0.05) is 103 Å². The molecule has 8 nitrogen and oxygen atoms in total. The molecule has 8 heteroatoms. The number of aliphatic hydroxyl groups is 1. The predicted molar refractivity (Wildman–Crippen MR) is 139 cm³/mol. The SMILES string of the molecule is CCCCCCCCCCCCCCCCCCC(C(=O)[O-])(C(C(=O)O)(C(=O)O)C(C)O)[N+](C)(C)C. The van der Waals surface area contributed by atoms with E-state index in [1.165, 1.54) is 91.8 Å². The standard InChI is InChI=1S/C28H53NO7/c1-6-7-8-9-10-11-12-13-14-15-16-17-18-19-20-21-22-27(24(31)32,29(3,4)5)28(23(2)30,25(33)34)26(35)36/h23,30H,6-22H2,1-5H3,(H2-,31,32,33,34,35,36).